The zero-order valence-corrected chi connectivity index (χ0v) is 10.9. The predicted octanol–water partition coefficient (Wildman–Crippen LogP) is 1.86. The monoisotopic (exact) mass is 252 g/mol. The van der Waals surface area contributed by atoms with Gasteiger partial charge < -0.3 is 5.73 Å². The van der Waals surface area contributed by atoms with Gasteiger partial charge >= 0.3 is 0 Å². The van der Waals surface area contributed by atoms with E-state index in [1.807, 2.05) is 31.3 Å². The highest BCUT2D eigenvalue weighted by Crippen LogP contribution is 2.32. The van der Waals surface area contributed by atoms with Crippen molar-refractivity contribution >= 4 is 0 Å². The molecule has 1 atom stereocenters. The average Bonchev–Trinajstić information content (AvgIpc) is 2.98. The molecule has 0 radical (unpaired) electrons. The van der Waals surface area contributed by atoms with Gasteiger partial charge in [0.15, 0.2) is 0 Å². The first-order valence-electron chi connectivity index (χ1n) is 6.48. The van der Waals surface area contributed by atoms with E-state index in [0.29, 0.717) is 18.0 Å². The second-order valence-corrected chi connectivity index (χ2v) is 5.13. The summed E-state index contributed by atoms with van der Waals surface area (Å²) in [5, 5.41) is 13.4. The Balaban J connectivity index is 2.04. The minimum absolute atomic E-state index is 0.501. The molecule has 2 heterocycles. The van der Waals surface area contributed by atoms with Crippen LogP contribution >= 0.6 is 0 Å². The summed E-state index contributed by atoms with van der Waals surface area (Å²) in [5.74, 6) is 0.501. The van der Waals surface area contributed by atoms with E-state index in [-0.39, 0.29) is 0 Å². The molecule has 19 heavy (non-hydrogen) atoms. The van der Waals surface area contributed by atoms with Crippen LogP contribution < -0.4 is 5.73 Å². The molecule has 1 aromatic carbocycles. The molecule has 0 bridgehead atoms. The van der Waals surface area contributed by atoms with Crippen LogP contribution in [0.2, 0.25) is 0 Å². The topological polar surface area (TPSA) is 67.6 Å². The lowest BCUT2D eigenvalue weighted by molar-refractivity contribution is 0.498. The lowest BCUT2D eigenvalue weighted by Gasteiger charge is -2.06. The first kappa shape index (κ1) is 11.9. The lowest BCUT2D eigenvalue weighted by Crippen LogP contribution is -2.15. The Morgan fingerprint density at radius 1 is 1.47 bits per heavy atom. The van der Waals surface area contributed by atoms with Crippen LogP contribution in [0.25, 0.3) is 11.1 Å². The molecular weight excluding hydrogens is 236 g/mol. The fourth-order valence-electron chi connectivity index (χ4n) is 2.78. The van der Waals surface area contributed by atoms with Gasteiger partial charge in [0.2, 0.25) is 0 Å². The number of nitriles is 1. The van der Waals surface area contributed by atoms with E-state index < -0.39 is 0 Å². The van der Waals surface area contributed by atoms with Gasteiger partial charge in [-0.3, -0.25) is 4.68 Å². The first-order valence-corrected chi connectivity index (χ1v) is 6.48. The van der Waals surface area contributed by atoms with Crippen molar-refractivity contribution in [3.8, 4) is 17.2 Å². The lowest BCUT2D eigenvalue weighted by atomic mass is 9.97. The molecule has 0 aliphatic carbocycles. The van der Waals surface area contributed by atoms with E-state index in [2.05, 4.69) is 15.8 Å². The summed E-state index contributed by atoms with van der Waals surface area (Å²) in [4.78, 5) is 0. The smallest absolute Gasteiger partial charge is 0.0991 e. The SMILES string of the molecule is Cc1cc(C#N)ccc1-c1cnn2c1CC(CN)C2. The Hall–Kier alpha value is -2.12. The third-order valence-corrected chi connectivity index (χ3v) is 3.84. The summed E-state index contributed by atoms with van der Waals surface area (Å²) in [6.45, 7) is 3.66. The van der Waals surface area contributed by atoms with Crippen molar-refractivity contribution in [3.05, 3.63) is 41.2 Å². The van der Waals surface area contributed by atoms with Gasteiger partial charge in [0.05, 0.1) is 17.8 Å². The molecule has 1 aliphatic rings. The highest BCUT2D eigenvalue weighted by Gasteiger charge is 2.25. The van der Waals surface area contributed by atoms with Crippen LogP contribution in [0, 0.1) is 24.2 Å². The number of nitrogens with two attached hydrogens (primary N) is 1. The minimum Gasteiger partial charge on any atom is -0.330 e. The Bertz CT molecular complexity index is 663. The van der Waals surface area contributed by atoms with Gasteiger partial charge in [-0.1, -0.05) is 6.07 Å². The Labute approximate surface area is 112 Å². The Morgan fingerprint density at radius 2 is 2.32 bits per heavy atom. The van der Waals surface area contributed by atoms with Crippen LogP contribution in [-0.2, 0) is 13.0 Å². The molecule has 1 unspecified atom stereocenters. The number of rotatable bonds is 2. The zero-order valence-electron chi connectivity index (χ0n) is 10.9. The quantitative estimate of drug-likeness (QED) is 0.887. The van der Waals surface area contributed by atoms with Crippen molar-refractivity contribution in [3.63, 3.8) is 0 Å². The van der Waals surface area contributed by atoms with Crippen LogP contribution in [0.5, 0.6) is 0 Å². The van der Waals surface area contributed by atoms with Gasteiger partial charge in [0.1, 0.15) is 0 Å². The number of benzene rings is 1. The molecule has 1 aliphatic heterocycles. The van der Waals surface area contributed by atoms with Crippen molar-refractivity contribution < 1.29 is 0 Å². The van der Waals surface area contributed by atoms with Gasteiger partial charge in [-0.05, 0) is 49.1 Å². The average molecular weight is 252 g/mol. The largest absolute Gasteiger partial charge is 0.330 e. The second kappa shape index (κ2) is 4.52. The fraction of sp³-hybridized carbons (Fsp3) is 0.333. The van der Waals surface area contributed by atoms with Crippen molar-refractivity contribution in [2.45, 2.75) is 19.9 Å². The molecule has 0 saturated carbocycles. The van der Waals surface area contributed by atoms with Gasteiger partial charge in [0, 0.05) is 17.8 Å². The maximum Gasteiger partial charge on any atom is 0.0991 e. The fourth-order valence-corrected chi connectivity index (χ4v) is 2.78. The number of hydrogen-bond acceptors (Lipinski definition) is 3. The molecule has 0 saturated heterocycles. The Kier molecular flexibility index (Phi) is 2.84. The third kappa shape index (κ3) is 1.92. The summed E-state index contributed by atoms with van der Waals surface area (Å²) < 4.78 is 2.06. The van der Waals surface area contributed by atoms with Crippen molar-refractivity contribution in [2.75, 3.05) is 6.54 Å². The third-order valence-electron chi connectivity index (χ3n) is 3.84. The molecule has 96 valence electrons. The van der Waals surface area contributed by atoms with E-state index in [4.69, 9.17) is 11.0 Å². The van der Waals surface area contributed by atoms with Gasteiger partial charge in [-0.15, -0.1) is 0 Å². The van der Waals surface area contributed by atoms with Crippen LogP contribution in [0.1, 0.15) is 16.8 Å². The molecule has 0 fully saturated rings. The standard InChI is InChI=1S/C15H16N4/c1-10-4-11(6-16)2-3-13(10)14-8-18-19-9-12(7-17)5-15(14)19/h2-4,8,12H,5,7,9,17H2,1H3. The van der Waals surface area contributed by atoms with E-state index in [0.717, 1.165) is 24.1 Å². The molecule has 4 nitrogen and oxygen atoms in total. The summed E-state index contributed by atoms with van der Waals surface area (Å²) in [6, 6.07) is 7.98. The molecule has 4 heteroatoms. The zero-order chi connectivity index (χ0) is 13.4. The molecule has 3 rings (SSSR count). The summed E-state index contributed by atoms with van der Waals surface area (Å²) in [6.07, 6.45) is 2.92. The highest BCUT2D eigenvalue weighted by molar-refractivity contribution is 5.70. The summed E-state index contributed by atoms with van der Waals surface area (Å²) in [7, 11) is 0. The second-order valence-electron chi connectivity index (χ2n) is 5.13. The van der Waals surface area contributed by atoms with Gasteiger partial charge in [-0.2, -0.15) is 10.4 Å². The van der Waals surface area contributed by atoms with E-state index in [1.165, 1.54) is 11.3 Å². The van der Waals surface area contributed by atoms with Gasteiger partial charge in [-0.25, -0.2) is 0 Å². The summed E-state index contributed by atoms with van der Waals surface area (Å²) >= 11 is 0. The minimum atomic E-state index is 0.501. The molecule has 2 aromatic rings. The maximum absolute atomic E-state index is 8.92. The summed E-state index contributed by atoms with van der Waals surface area (Å²) in [5.41, 5.74) is 11.2. The molecular formula is C15H16N4. The number of hydrogen-bond donors (Lipinski definition) is 1. The van der Waals surface area contributed by atoms with Crippen LogP contribution in [-0.4, -0.2) is 16.3 Å². The number of nitrogens with zero attached hydrogens (tertiary/aromatic N) is 3. The van der Waals surface area contributed by atoms with Crippen LogP contribution in [0.4, 0.5) is 0 Å². The number of aromatic nitrogens is 2. The highest BCUT2D eigenvalue weighted by atomic mass is 15.3. The van der Waals surface area contributed by atoms with E-state index in [1.54, 1.807) is 0 Å². The van der Waals surface area contributed by atoms with E-state index in [9.17, 15) is 0 Å². The van der Waals surface area contributed by atoms with E-state index >= 15 is 0 Å². The molecule has 0 amide bonds. The predicted molar refractivity (Wildman–Crippen MR) is 73.4 cm³/mol. The van der Waals surface area contributed by atoms with Crippen LogP contribution in [0.15, 0.2) is 24.4 Å². The van der Waals surface area contributed by atoms with Crippen molar-refractivity contribution in [1.29, 1.82) is 5.26 Å². The van der Waals surface area contributed by atoms with Crippen LogP contribution in [0.3, 0.4) is 0 Å². The molecule has 0 spiro atoms. The maximum atomic E-state index is 8.92. The molecule has 2 N–H and O–H groups in total. The van der Waals surface area contributed by atoms with Crippen molar-refractivity contribution in [2.24, 2.45) is 11.7 Å². The molecule has 1 aromatic heterocycles. The van der Waals surface area contributed by atoms with Crippen molar-refractivity contribution in [1.82, 2.24) is 9.78 Å². The Morgan fingerprint density at radius 3 is 3.00 bits per heavy atom. The van der Waals surface area contributed by atoms with Gasteiger partial charge in [0.25, 0.3) is 0 Å². The first-order chi connectivity index (χ1) is 9.22. The normalized spacial score (nSPS) is 17.2. The number of fused-ring (bicyclic) bond motifs is 1. The number of aryl methyl sites for hydroxylation is 1.